The Morgan fingerprint density at radius 1 is 1.00 bits per heavy atom. The number of halogens is 4. The highest BCUT2D eigenvalue weighted by atomic mass is 35.5. The van der Waals surface area contributed by atoms with Gasteiger partial charge in [0.05, 0.1) is 10.6 Å². The van der Waals surface area contributed by atoms with Crippen LogP contribution in [0.5, 0.6) is 5.75 Å². The number of alkyl halides is 3. The molecule has 0 aliphatic heterocycles. The summed E-state index contributed by atoms with van der Waals surface area (Å²) < 4.78 is 44.2. The van der Waals surface area contributed by atoms with Gasteiger partial charge in [0.15, 0.2) is 0 Å². The first-order valence-electron chi connectivity index (χ1n) is 8.20. The molecule has 2 rings (SSSR count). The van der Waals surface area contributed by atoms with Gasteiger partial charge in [0.1, 0.15) is 11.9 Å². The summed E-state index contributed by atoms with van der Waals surface area (Å²) in [4.78, 5) is 0. The van der Waals surface area contributed by atoms with Crippen LogP contribution in [0.2, 0.25) is 5.02 Å². The Morgan fingerprint density at radius 3 is 2.32 bits per heavy atom. The first kappa shape index (κ1) is 19.6. The summed E-state index contributed by atoms with van der Waals surface area (Å²) in [5.74, 6) is 0.252. The van der Waals surface area contributed by atoms with Gasteiger partial charge in [0.25, 0.3) is 0 Å². The van der Waals surface area contributed by atoms with E-state index in [1.54, 1.807) is 0 Å². The molecule has 0 fully saturated rings. The molecule has 0 aromatic heterocycles. The van der Waals surface area contributed by atoms with Crippen molar-refractivity contribution >= 4 is 11.6 Å². The minimum Gasteiger partial charge on any atom is -0.484 e. The van der Waals surface area contributed by atoms with E-state index < -0.39 is 11.7 Å². The van der Waals surface area contributed by atoms with Crippen molar-refractivity contribution in [1.82, 2.24) is 0 Å². The second-order valence-electron chi connectivity index (χ2n) is 5.80. The van der Waals surface area contributed by atoms with Crippen LogP contribution in [0.3, 0.4) is 0 Å². The fourth-order valence-electron chi connectivity index (χ4n) is 2.54. The molecule has 0 heterocycles. The molecule has 0 saturated heterocycles. The van der Waals surface area contributed by atoms with Crippen LogP contribution in [0.25, 0.3) is 0 Å². The van der Waals surface area contributed by atoms with Crippen molar-refractivity contribution in [3.05, 3.63) is 64.7 Å². The predicted molar refractivity (Wildman–Crippen MR) is 93.8 cm³/mol. The number of hydrogen-bond acceptors (Lipinski definition) is 2. The third-order valence-corrected chi connectivity index (χ3v) is 4.17. The topological polar surface area (TPSA) is 35.2 Å². The van der Waals surface area contributed by atoms with E-state index in [0.29, 0.717) is 6.54 Å². The lowest BCUT2D eigenvalue weighted by Gasteiger charge is -2.21. The number of nitrogens with two attached hydrogens (primary N) is 1. The van der Waals surface area contributed by atoms with Crippen LogP contribution < -0.4 is 10.5 Å². The Hall–Kier alpha value is -1.72. The van der Waals surface area contributed by atoms with E-state index in [1.807, 2.05) is 30.3 Å². The smallest absolute Gasteiger partial charge is 0.416 e. The Bertz CT molecular complexity index is 661. The average molecular weight is 372 g/mol. The van der Waals surface area contributed by atoms with Crippen molar-refractivity contribution in [2.45, 2.75) is 38.0 Å². The van der Waals surface area contributed by atoms with Gasteiger partial charge in [0, 0.05) is 0 Å². The molecule has 0 aliphatic carbocycles. The van der Waals surface area contributed by atoms with E-state index in [1.165, 1.54) is 6.07 Å². The zero-order valence-electron chi connectivity index (χ0n) is 13.7. The largest absolute Gasteiger partial charge is 0.484 e. The Morgan fingerprint density at radius 2 is 1.72 bits per heavy atom. The molecule has 0 saturated carbocycles. The number of hydrogen-bond donors (Lipinski definition) is 1. The molecule has 2 aromatic carbocycles. The molecule has 0 bridgehead atoms. The van der Waals surface area contributed by atoms with Crippen molar-refractivity contribution < 1.29 is 17.9 Å². The van der Waals surface area contributed by atoms with E-state index in [4.69, 9.17) is 22.1 Å². The monoisotopic (exact) mass is 371 g/mol. The minimum absolute atomic E-state index is 0.0438. The number of benzene rings is 2. The fraction of sp³-hybridized carbons (Fsp3) is 0.368. The van der Waals surface area contributed by atoms with Gasteiger partial charge in [0.2, 0.25) is 0 Å². The third-order valence-electron chi connectivity index (χ3n) is 3.87. The highest BCUT2D eigenvalue weighted by molar-refractivity contribution is 6.32. The van der Waals surface area contributed by atoms with Crippen LogP contribution in [-0.2, 0) is 6.18 Å². The summed E-state index contributed by atoms with van der Waals surface area (Å²) in [6.07, 6.45) is -1.14. The minimum atomic E-state index is -4.43. The maximum absolute atomic E-state index is 12.8. The average Bonchev–Trinajstić information content (AvgIpc) is 2.59. The lowest BCUT2D eigenvalue weighted by Crippen LogP contribution is -2.10. The first-order chi connectivity index (χ1) is 11.9. The molecule has 6 heteroatoms. The van der Waals surface area contributed by atoms with E-state index in [-0.39, 0.29) is 16.9 Å². The van der Waals surface area contributed by atoms with Gasteiger partial charge in [-0.05, 0) is 49.6 Å². The summed E-state index contributed by atoms with van der Waals surface area (Å²) in [5, 5.41) is -0.0438. The molecule has 0 aliphatic rings. The molecule has 0 radical (unpaired) electrons. The van der Waals surface area contributed by atoms with Crippen LogP contribution >= 0.6 is 11.6 Å². The molecule has 25 heavy (non-hydrogen) atoms. The molecule has 2 nitrogen and oxygen atoms in total. The standard InChI is InChI=1S/C19H21ClF3NO/c20-16-13-15(19(21,22)23)10-11-18(16)25-17(9-5-2-6-12-24)14-7-3-1-4-8-14/h1,3-4,7-8,10-11,13,17H,2,5-6,9,12,24H2. The van der Waals surface area contributed by atoms with Crippen molar-refractivity contribution in [1.29, 1.82) is 0 Å². The molecule has 0 spiro atoms. The van der Waals surface area contributed by atoms with Crippen LogP contribution in [-0.4, -0.2) is 6.54 Å². The highest BCUT2D eigenvalue weighted by Crippen LogP contribution is 2.37. The molecule has 2 N–H and O–H groups in total. The van der Waals surface area contributed by atoms with Crippen LogP contribution in [0.4, 0.5) is 13.2 Å². The number of ether oxygens (including phenoxy) is 1. The molecular weight excluding hydrogens is 351 g/mol. The SMILES string of the molecule is NCCCCCC(Oc1ccc(C(F)(F)F)cc1Cl)c1ccccc1. The summed E-state index contributed by atoms with van der Waals surface area (Å²) in [7, 11) is 0. The molecule has 136 valence electrons. The Balaban J connectivity index is 2.15. The lowest BCUT2D eigenvalue weighted by atomic mass is 10.0. The second-order valence-corrected chi connectivity index (χ2v) is 6.21. The number of rotatable bonds is 8. The summed E-state index contributed by atoms with van der Waals surface area (Å²) in [6, 6.07) is 12.7. The van der Waals surface area contributed by atoms with Gasteiger partial charge in [-0.15, -0.1) is 0 Å². The van der Waals surface area contributed by atoms with Crippen molar-refractivity contribution in [3.8, 4) is 5.75 Å². The summed E-state index contributed by atoms with van der Waals surface area (Å²) >= 11 is 6.01. The normalized spacial score (nSPS) is 12.8. The molecule has 0 amide bonds. The van der Waals surface area contributed by atoms with Crippen LogP contribution in [0, 0.1) is 0 Å². The van der Waals surface area contributed by atoms with Gasteiger partial charge >= 0.3 is 6.18 Å². The Labute approximate surface area is 150 Å². The lowest BCUT2D eigenvalue weighted by molar-refractivity contribution is -0.137. The highest BCUT2D eigenvalue weighted by Gasteiger charge is 2.31. The van der Waals surface area contributed by atoms with Crippen molar-refractivity contribution in [3.63, 3.8) is 0 Å². The van der Waals surface area contributed by atoms with Crippen LogP contribution in [0.1, 0.15) is 42.9 Å². The van der Waals surface area contributed by atoms with Gasteiger partial charge < -0.3 is 10.5 Å². The maximum Gasteiger partial charge on any atom is 0.416 e. The summed E-state index contributed by atoms with van der Waals surface area (Å²) in [5.41, 5.74) is 5.68. The van der Waals surface area contributed by atoms with Gasteiger partial charge in [-0.2, -0.15) is 13.2 Å². The predicted octanol–water partition coefficient (Wildman–Crippen LogP) is 6.00. The molecule has 1 unspecified atom stereocenters. The maximum atomic E-state index is 12.8. The van der Waals surface area contributed by atoms with E-state index in [9.17, 15) is 13.2 Å². The molecule has 2 aromatic rings. The zero-order chi connectivity index (χ0) is 18.3. The van der Waals surface area contributed by atoms with E-state index in [0.717, 1.165) is 43.4 Å². The van der Waals surface area contributed by atoms with Crippen molar-refractivity contribution in [2.24, 2.45) is 5.73 Å². The third kappa shape index (κ3) is 5.94. The first-order valence-corrected chi connectivity index (χ1v) is 8.58. The molecule has 1 atom stereocenters. The quantitative estimate of drug-likeness (QED) is 0.578. The van der Waals surface area contributed by atoms with E-state index in [2.05, 4.69) is 0 Å². The zero-order valence-corrected chi connectivity index (χ0v) is 14.5. The van der Waals surface area contributed by atoms with E-state index >= 15 is 0 Å². The van der Waals surface area contributed by atoms with Gasteiger partial charge in [-0.1, -0.05) is 48.4 Å². The second kappa shape index (κ2) is 9.11. The van der Waals surface area contributed by atoms with Gasteiger partial charge in [-0.3, -0.25) is 0 Å². The van der Waals surface area contributed by atoms with Gasteiger partial charge in [-0.25, -0.2) is 0 Å². The fourth-order valence-corrected chi connectivity index (χ4v) is 2.76. The van der Waals surface area contributed by atoms with Crippen LogP contribution in [0.15, 0.2) is 48.5 Å². The Kier molecular flexibility index (Phi) is 7.14. The van der Waals surface area contributed by atoms with Crippen molar-refractivity contribution in [2.75, 3.05) is 6.54 Å². The number of unbranched alkanes of at least 4 members (excludes halogenated alkanes) is 2. The molecular formula is C19H21ClF3NO. The summed E-state index contributed by atoms with van der Waals surface area (Å²) in [6.45, 7) is 0.640.